The van der Waals surface area contributed by atoms with Crippen molar-refractivity contribution < 1.29 is 19.0 Å². The summed E-state index contributed by atoms with van der Waals surface area (Å²) in [4.78, 5) is 19.3. The van der Waals surface area contributed by atoms with E-state index in [-0.39, 0.29) is 12.5 Å². The Morgan fingerprint density at radius 2 is 1.90 bits per heavy atom. The summed E-state index contributed by atoms with van der Waals surface area (Å²) in [5, 5.41) is 2.60. The Morgan fingerprint density at radius 3 is 2.60 bits per heavy atom. The molecule has 0 bridgehead atoms. The summed E-state index contributed by atoms with van der Waals surface area (Å²) in [5.74, 6) is 1.33. The first-order chi connectivity index (χ1) is 14.6. The number of anilines is 1. The average molecular weight is 427 g/mol. The molecule has 6 nitrogen and oxygen atoms in total. The number of nitrogens with zero attached hydrogens (tertiary/aromatic N) is 2. The zero-order chi connectivity index (χ0) is 21.3. The number of ether oxygens (including phenoxy) is 3. The molecule has 30 heavy (non-hydrogen) atoms. The van der Waals surface area contributed by atoms with Gasteiger partial charge >= 0.3 is 0 Å². The highest BCUT2D eigenvalue weighted by Gasteiger charge is 2.20. The summed E-state index contributed by atoms with van der Waals surface area (Å²) in [6.45, 7) is 3.02. The largest absolute Gasteiger partial charge is 0.497 e. The maximum atomic E-state index is 12.9. The van der Waals surface area contributed by atoms with Gasteiger partial charge in [-0.1, -0.05) is 12.1 Å². The van der Waals surface area contributed by atoms with Gasteiger partial charge in [-0.3, -0.25) is 9.69 Å². The Morgan fingerprint density at radius 1 is 1.10 bits per heavy atom. The second-order valence-corrected chi connectivity index (χ2v) is 7.58. The third-order valence-corrected chi connectivity index (χ3v) is 5.36. The van der Waals surface area contributed by atoms with Crippen molar-refractivity contribution in [3.8, 4) is 22.8 Å². The van der Waals surface area contributed by atoms with Gasteiger partial charge in [-0.2, -0.15) is 0 Å². The summed E-state index contributed by atoms with van der Waals surface area (Å²) in [7, 11) is 3.29. The van der Waals surface area contributed by atoms with Gasteiger partial charge in [-0.25, -0.2) is 4.98 Å². The summed E-state index contributed by atoms with van der Waals surface area (Å²) in [6, 6.07) is 15.4. The molecular weight excluding hydrogens is 400 g/mol. The number of amides is 1. The Bertz CT molecular complexity index is 956. The minimum atomic E-state index is -0.136. The third-order valence-electron chi connectivity index (χ3n) is 4.49. The Labute approximate surface area is 181 Å². The van der Waals surface area contributed by atoms with Gasteiger partial charge in [0.25, 0.3) is 5.91 Å². The fourth-order valence-corrected chi connectivity index (χ4v) is 3.78. The molecule has 0 saturated heterocycles. The molecule has 2 aromatic carbocycles. The summed E-state index contributed by atoms with van der Waals surface area (Å²) >= 11 is 1.44. The van der Waals surface area contributed by atoms with Crippen molar-refractivity contribution in [2.45, 2.75) is 13.3 Å². The van der Waals surface area contributed by atoms with E-state index in [2.05, 4.69) is 0 Å². The van der Waals surface area contributed by atoms with E-state index < -0.39 is 0 Å². The van der Waals surface area contributed by atoms with Crippen molar-refractivity contribution in [2.75, 3.05) is 38.9 Å². The molecule has 1 heterocycles. The van der Waals surface area contributed by atoms with E-state index in [1.165, 1.54) is 11.3 Å². The molecule has 0 spiro atoms. The van der Waals surface area contributed by atoms with E-state index in [4.69, 9.17) is 19.2 Å². The van der Waals surface area contributed by atoms with Crippen molar-refractivity contribution in [1.29, 1.82) is 0 Å². The van der Waals surface area contributed by atoms with Crippen LogP contribution in [0, 0.1) is 6.92 Å². The molecule has 0 aliphatic rings. The monoisotopic (exact) mass is 426 g/mol. The molecule has 3 rings (SSSR count). The SMILES string of the molecule is COCCCN(C(=O)COc1cccc(C)c1)c1nc(-c2ccc(OC)cc2)cs1. The number of carbonyl (C=O) groups excluding carboxylic acids is 1. The lowest BCUT2D eigenvalue weighted by molar-refractivity contribution is -0.120. The van der Waals surface area contributed by atoms with Crippen LogP contribution in [-0.4, -0.2) is 44.9 Å². The molecule has 0 N–H and O–H groups in total. The number of methoxy groups -OCH3 is 2. The van der Waals surface area contributed by atoms with Crippen LogP contribution in [0.5, 0.6) is 11.5 Å². The Hall–Kier alpha value is -2.90. The summed E-state index contributed by atoms with van der Waals surface area (Å²) in [6.07, 6.45) is 0.712. The molecule has 0 fully saturated rings. The molecular formula is C23H26N2O4S. The molecule has 3 aromatic rings. The maximum Gasteiger partial charge on any atom is 0.266 e. The normalized spacial score (nSPS) is 10.6. The van der Waals surface area contributed by atoms with E-state index >= 15 is 0 Å². The minimum Gasteiger partial charge on any atom is -0.497 e. The summed E-state index contributed by atoms with van der Waals surface area (Å²) < 4.78 is 16.1. The number of thiazole rings is 1. The first-order valence-electron chi connectivity index (χ1n) is 9.69. The van der Waals surface area contributed by atoms with Gasteiger partial charge in [-0.05, 0) is 55.3 Å². The standard InChI is InChI=1S/C23H26N2O4S/c1-17-6-4-7-20(14-17)29-15-22(26)25(12-5-13-27-2)23-24-21(16-30-23)18-8-10-19(28-3)11-9-18/h4,6-11,14,16H,5,12-13,15H2,1-3H3. The molecule has 0 unspecified atom stereocenters. The van der Waals surface area contributed by atoms with E-state index in [0.29, 0.717) is 30.5 Å². The van der Waals surface area contributed by atoms with Crippen molar-refractivity contribution in [2.24, 2.45) is 0 Å². The Balaban J connectivity index is 1.73. The van der Waals surface area contributed by atoms with Crippen LogP contribution in [0.25, 0.3) is 11.3 Å². The zero-order valence-electron chi connectivity index (χ0n) is 17.5. The molecule has 1 amide bonds. The van der Waals surface area contributed by atoms with Crippen LogP contribution in [0.3, 0.4) is 0 Å². The van der Waals surface area contributed by atoms with Gasteiger partial charge in [0.05, 0.1) is 12.8 Å². The number of hydrogen-bond donors (Lipinski definition) is 0. The first-order valence-corrected chi connectivity index (χ1v) is 10.6. The van der Waals surface area contributed by atoms with Crippen LogP contribution >= 0.6 is 11.3 Å². The number of carbonyl (C=O) groups is 1. The molecule has 0 aliphatic heterocycles. The number of hydrogen-bond acceptors (Lipinski definition) is 6. The van der Waals surface area contributed by atoms with Crippen molar-refractivity contribution in [1.82, 2.24) is 4.98 Å². The molecule has 0 radical (unpaired) electrons. The predicted octanol–water partition coefficient (Wildman–Crippen LogP) is 4.58. The number of rotatable bonds is 10. The molecule has 0 atom stereocenters. The number of aryl methyl sites for hydroxylation is 1. The van der Waals surface area contributed by atoms with Gasteiger partial charge in [0.1, 0.15) is 11.5 Å². The van der Waals surface area contributed by atoms with Crippen LogP contribution in [0.1, 0.15) is 12.0 Å². The van der Waals surface area contributed by atoms with Gasteiger partial charge in [0.15, 0.2) is 11.7 Å². The van der Waals surface area contributed by atoms with Gasteiger partial charge in [0, 0.05) is 31.2 Å². The lowest BCUT2D eigenvalue weighted by Crippen LogP contribution is -2.36. The quantitative estimate of drug-likeness (QED) is 0.444. The maximum absolute atomic E-state index is 12.9. The third kappa shape index (κ3) is 5.81. The van der Waals surface area contributed by atoms with E-state index in [1.54, 1.807) is 19.1 Å². The van der Waals surface area contributed by atoms with Gasteiger partial charge < -0.3 is 14.2 Å². The highest BCUT2D eigenvalue weighted by Crippen LogP contribution is 2.29. The summed E-state index contributed by atoms with van der Waals surface area (Å²) in [5.41, 5.74) is 2.88. The van der Waals surface area contributed by atoms with Crippen LogP contribution in [0.2, 0.25) is 0 Å². The van der Waals surface area contributed by atoms with Gasteiger partial charge in [0.2, 0.25) is 0 Å². The molecule has 0 saturated carbocycles. The van der Waals surface area contributed by atoms with Crippen molar-refractivity contribution in [3.05, 3.63) is 59.5 Å². The van der Waals surface area contributed by atoms with Crippen LogP contribution < -0.4 is 14.4 Å². The number of aromatic nitrogens is 1. The van der Waals surface area contributed by atoms with E-state index in [0.717, 1.165) is 22.6 Å². The van der Waals surface area contributed by atoms with E-state index in [9.17, 15) is 4.79 Å². The highest BCUT2D eigenvalue weighted by atomic mass is 32.1. The smallest absolute Gasteiger partial charge is 0.266 e. The van der Waals surface area contributed by atoms with Crippen LogP contribution in [0.15, 0.2) is 53.9 Å². The lowest BCUT2D eigenvalue weighted by Gasteiger charge is -2.20. The highest BCUT2D eigenvalue weighted by molar-refractivity contribution is 7.14. The fraction of sp³-hybridized carbons (Fsp3) is 0.304. The van der Waals surface area contributed by atoms with Crippen molar-refractivity contribution >= 4 is 22.4 Å². The minimum absolute atomic E-state index is 0.0477. The zero-order valence-corrected chi connectivity index (χ0v) is 18.3. The fourth-order valence-electron chi connectivity index (χ4n) is 2.90. The second-order valence-electron chi connectivity index (χ2n) is 6.74. The molecule has 158 valence electrons. The van der Waals surface area contributed by atoms with Crippen LogP contribution in [0.4, 0.5) is 5.13 Å². The predicted molar refractivity (Wildman–Crippen MR) is 120 cm³/mol. The first kappa shape index (κ1) is 21.8. The average Bonchev–Trinajstić information content (AvgIpc) is 3.25. The molecule has 1 aromatic heterocycles. The lowest BCUT2D eigenvalue weighted by atomic mass is 10.2. The molecule has 0 aliphatic carbocycles. The van der Waals surface area contributed by atoms with E-state index in [1.807, 2.05) is 60.8 Å². The topological polar surface area (TPSA) is 60.9 Å². The number of benzene rings is 2. The van der Waals surface area contributed by atoms with Crippen LogP contribution in [-0.2, 0) is 9.53 Å². The van der Waals surface area contributed by atoms with Gasteiger partial charge in [-0.15, -0.1) is 11.3 Å². The van der Waals surface area contributed by atoms with Crippen molar-refractivity contribution in [3.63, 3.8) is 0 Å². The Kier molecular flexibility index (Phi) is 7.82. The molecule has 7 heteroatoms. The second kappa shape index (κ2) is 10.8.